The van der Waals surface area contributed by atoms with Crippen LogP contribution < -0.4 is 5.32 Å². The van der Waals surface area contributed by atoms with Crippen molar-refractivity contribution in [1.82, 2.24) is 5.32 Å². The van der Waals surface area contributed by atoms with Crippen molar-refractivity contribution in [2.45, 2.75) is 38.8 Å². The van der Waals surface area contributed by atoms with Gasteiger partial charge in [0, 0.05) is 11.3 Å². The van der Waals surface area contributed by atoms with E-state index in [4.69, 9.17) is 9.47 Å². The zero-order valence-electron chi connectivity index (χ0n) is 15.8. The second-order valence-electron chi connectivity index (χ2n) is 6.94. The highest BCUT2D eigenvalue weighted by atomic mass is 32.1. The predicted molar refractivity (Wildman–Crippen MR) is 104 cm³/mol. The minimum absolute atomic E-state index is 0.274. The van der Waals surface area contributed by atoms with E-state index in [0.717, 1.165) is 22.3 Å². The molecule has 0 fully saturated rings. The zero-order valence-corrected chi connectivity index (χ0v) is 16.6. The van der Waals surface area contributed by atoms with E-state index >= 15 is 0 Å². The van der Waals surface area contributed by atoms with Gasteiger partial charge >= 0.3 is 12.1 Å². The molecule has 0 unspecified atom stereocenters. The van der Waals surface area contributed by atoms with Gasteiger partial charge < -0.3 is 14.8 Å². The lowest BCUT2D eigenvalue weighted by Crippen LogP contribution is -2.45. The number of esters is 1. The van der Waals surface area contributed by atoms with Gasteiger partial charge in [0.05, 0.1) is 12.0 Å². The van der Waals surface area contributed by atoms with E-state index < -0.39 is 23.7 Å². The Balaban J connectivity index is 2.09. The Labute approximate surface area is 162 Å². The van der Waals surface area contributed by atoms with Crippen LogP contribution in [0.5, 0.6) is 0 Å². The third-order valence-corrected chi connectivity index (χ3v) is 4.66. The van der Waals surface area contributed by atoms with Gasteiger partial charge in [0.1, 0.15) is 11.6 Å². The summed E-state index contributed by atoms with van der Waals surface area (Å²) in [7, 11) is 1.27. The predicted octanol–water partition coefficient (Wildman–Crippen LogP) is 3.84. The number of alkyl carbamates (subject to hydrolysis) is 1. The molecule has 1 aromatic carbocycles. The molecule has 1 amide bonds. The number of thiophene rings is 1. The van der Waals surface area contributed by atoms with E-state index in [1.54, 1.807) is 26.8 Å². The van der Waals surface area contributed by atoms with Crippen molar-refractivity contribution in [3.63, 3.8) is 0 Å². The number of ether oxygens (including phenoxy) is 2. The second kappa shape index (κ2) is 8.81. The van der Waals surface area contributed by atoms with Crippen LogP contribution in [-0.4, -0.2) is 37.1 Å². The van der Waals surface area contributed by atoms with Gasteiger partial charge in [-0.25, -0.2) is 9.59 Å². The maximum atomic E-state index is 12.0. The van der Waals surface area contributed by atoms with Crippen molar-refractivity contribution in [2.75, 3.05) is 7.11 Å². The normalized spacial score (nSPS) is 12.1. The van der Waals surface area contributed by atoms with Crippen molar-refractivity contribution < 1.29 is 23.9 Å². The number of benzene rings is 1. The maximum Gasteiger partial charge on any atom is 0.408 e. The summed E-state index contributed by atoms with van der Waals surface area (Å²) in [6.07, 6.45) is 0.428. The zero-order chi connectivity index (χ0) is 20.0. The van der Waals surface area contributed by atoms with E-state index in [1.807, 2.05) is 30.3 Å². The van der Waals surface area contributed by atoms with Crippen LogP contribution in [0.15, 0.2) is 36.4 Å². The van der Waals surface area contributed by atoms with E-state index in [2.05, 4.69) is 5.32 Å². The van der Waals surface area contributed by atoms with Gasteiger partial charge in [-0.15, -0.1) is 11.3 Å². The molecule has 0 saturated carbocycles. The number of nitrogens with one attached hydrogen (secondary N) is 1. The van der Waals surface area contributed by atoms with Crippen LogP contribution in [0, 0.1) is 0 Å². The van der Waals surface area contributed by atoms with Crippen molar-refractivity contribution >= 4 is 29.7 Å². The Morgan fingerprint density at radius 1 is 1.15 bits per heavy atom. The maximum absolute atomic E-state index is 12.0. The second-order valence-corrected chi connectivity index (χ2v) is 8.06. The SMILES string of the molecule is COC(=O)[C@H](Cc1ccc(-c2ccc(C=O)s2)cc1)NC(=O)OC(C)(C)C. The average molecular weight is 389 g/mol. The first kappa shape index (κ1) is 20.6. The quantitative estimate of drug-likeness (QED) is 0.600. The Morgan fingerprint density at radius 2 is 1.81 bits per heavy atom. The number of aldehydes is 1. The molecular formula is C20H23NO5S. The molecule has 0 aliphatic carbocycles. The van der Waals surface area contributed by atoms with Crippen LogP contribution in [0.4, 0.5) is 4.79 Å². The molecule has 1 heterocycles. The summed E-state index contributed by atoms with van der Waals surface area (Å²) in [6.45, 7) is 5.25. The monoisotopic (exact) mass is 389 g/mol. The standard InChI is InChI=1S/C20H23NO5S/c1-20(2,3)26-19(24)21-16(18(23)25-4)11-13-5-7-14(8-6-13)17-10-9-15(12-22)27-17/h5-10,12,16H,11H2,1-4H3,(H,21,24)/t16-/m0/s1. The summed E-state index contributed by atoms with van der Waals surface area (Å²) >= 11 is 1.41. The molecule has 1 aromatic heterocycles. The number of amides is 1. The summed E-state index contributed by atoms with van der Waals surface area (Å²) in [5.74, 6) is -0.543. The van der Waals surface area contributed by atoms with Gasteiger partial charge in [0.25, 0.3) is 0 Å². The van der Waals surface area contributed by atoms with E-state index in [-0.39, 0.29) is 6.42 Å². The molecule has 7 heteroatoms. The van der Waals surface area contributed by atoms with E-state index in [1.165, 1.54) is 18.4 Å². The van der Waals surface area contributed by atoms with Gasteiger partial charge in [-0.1, -0.05) is 24.3 Å². The first-order chi connectivity index (χ1) is 12.7. The van der Waals surface area contributed by atoms with Crippen molar-refractivity contribution in [2.24, 2.45) is 0 Å². The van der Waals surface area contributed by atoms with Crippen molar-refractivity contribution in [1.29, 1.82) is 0 Å². The summed E-state index contributed by atoms with van der Waals surface area (Å²) in [5, 5.41) is 2.56. The Morgan fingerprint density at radius 3 is 2.33 bits per heavy atom. The van der Waals surface area contributed by atoms with Gasteiger partial charge in [0.2, 0.25) is 0 Å². The molecule has 0 radical (unpaired) electrons. The van der Waals surface area contributed by atoms with Crippen molar-refractivity contribution in [3.05, 3.63) is 46.8 Å². The summed E-state index contributed by atoms with van der Waals surface area (Å²) < 4.78 is 9.99. The van der Waals surface area contributed by atoms with E-state index in [9.17, 15) is 14.4 Å². The highest BCUT2D eigenvalue weighted by Crippen LogP contribution is 2.27. The number of carbonyl (C=O) groups is 3. The number of carbonyl (C=O) groups excluding carboxylic acids is 3. The van der Waals surface area contributed by atoms with Crippen LogP contribution in [0.2, 0.25) is 0 Å². The van der Waals surface area contributed by atoms with Gasteiger partial charge in [-0.05, 0) is 44.0 Å². The summed E-state index contributed by atoms with van der Waals surface area (Å²) in [4.78, 5) is 36.5. The number of methoxy groups -OCH3 is 1. The minimum atomic E-state index is -0.848. The lowest BCUT2D eigenvalue weighted by molar-refractivity contribution is -0.143. The Bertz CT molecular complexity index is 805. The lowest BCUT2D eigenvalue weighted by atomic mass is 10.0. The highest BCUT2D eigenvalue weighted by molar-refractivity contribution is 7.17. The van der Waals surface area contributed by atoms with E-state index in [0.29, 0.717) is 4.88 Å². The van der Waals surface area contributed by atoms with Crippen LogP contribution in [-0.2, 0) is 20.7 Å². The number of rotatable bonds is 6. The molecule has 0 bridgehead atoms. The molecule has 27 heavy (non-hydrogen) atoms. The Hall–Kier alpha value is -2.67. The first-order valence-corrected chi connectivity index (χ1v) is 9.25. The molecule has 0 aliphatic heterocycles. The molecule has 0 spiro atoms. The summed E-state index contributed by atoms with van der Waals surface area (Å²) in [5.41, 5.74) is 1.18. The summed E-state index contributed by atoms with van der Waals surface area (Å²) in [6, 6.07) is 10.4. The van der Waals surface area contributed by atoms with Gasteiger partial charge in [0.15, 0.2) is 6.29 Å². The third-order valence-electron chi connectivity index (χ3n) is 3.60. The fraction of sp³-hybridized carbons (Fsp3) is 0.350. The van der Waals surface area contributed by atoms with Crippen LogP contribution in [0.25, 0.3) is 10.4 Å². The highest BCUT2D eigenvalue weighted by Gasteiger charge is 2.25. The Kier molecular flexibility index (Phi) is 6.74. The topological polar surface area (TPSA) is 81.7 Å². The molecule has 0 aliphatic rings. The number of hydrogen-bond donors (Lipinski definition) is 1. The van der Waals surface area contributed by atoms with Crippen LogP contribution in [0.3, 0.4) is 0 Å². The molecule has 144 valence electrons. The van der Waals surface area contributed by atoms with Crippen LogP contribution >= 0.6 is 11.3 Å². The minimum Gasteiger partial charge on any atom is -0.467 e. The molecular weight excluding hydrogens is 366 g/mol. The average Bonchev–Trinajstić information content (AvgIpc) is 3.08. The molecule has 1 N–H and O–H groups in total. The number of hydrogen-bond acceptors (Lipinski definition) is 6. The first-order valence-electron chi connectivity index (χ1n) is 8.43. The molecule has 1 atom stereocenters. The lowest BCUT2D eigenvalue weighted by Gasteiger charge is -2.22. The fourth-order valence-electron chi connectivity index (χ4n) is 2.40. The van der Waals surface area contributed by atoms with Gasteiger partial charge in [-0.2, -0.15) is 0 Å². The van der Waals surface area contributed by atoms with Crippen LogP contribution in [0.1, 0.15) is 36.0 Å². The van der Waals surface area contributed by atoms with Gasteiger partial charge in [-0.3, -0.25) is 4.79 Å². The molecule has 0 saturated heterocycles. The molecule has 2 aromatic rings. The van der Waals surface area contributed by atoms with Crippen molar-refractivity contribution in [3.8, 4) is 10.4 Å². The third kappa shape index (κ3) is 6.21. The fourth-order valence-corrected chi connectivity index (χ4v) is 3.23. The largest absolute Gasteiger partial charge is 0.467 e. The smallest absolute Gasteiger partial charge is 0.408 e. The molecule has 2 rings (SSSR count). The molecule has 6 nitrogen and oxygen atoms in total.